The first kappa shape index (κ1) is 14.4. The van der Waals surface area contributed by atoms with Crippen LogP contribution in [0.1, 0.15) is 50.9 Å². The highest BCUT2D eigenvalue weighted by atomic mass is 79.9. The Labute approximate surface area is 123 Å². The number of thioether (sulfide) groups is 1. The van der Waals surface area contributed by atoms with Crippen LogP contribution in [0.3, 0.4) is 0 Å². The van der Waals surface area contributed by atoms with Crippen LogP contribution in [-0.2, 0) is 18.7 Å². The number of nitrogens with zero attached hydrogens (tertiary/aromatic N) is 2. The van der Waals surface area contributed by atoms with E-state index in [2.05, 4.69) is 51.3 Å². The molecule has 1 aromatic heterocycles. The number of halogens is 1. The van der Waals surface area contributed by atoms with Gasteiger partial charge in [-0.05, 0) is 53.8 Å². The minimum atomic E-state index is 0.970. The Balaban J connectivity index is 1.92. The average molecular weight is 331 g/mol. The first-order valence-electron chi connectivity index (χ1n) is 7.08. The van der Waals surface area contributed by atoms with Gasteiger partial charge < -0.3 is 0 Å². The van der Waals surface area contributed by atoms with Gasteiger partial charge in [0.2, 0.25) is 0 Å². The molecule has 1 heterocycles. The molecule has 0 N–H and O–H groups in total. The molecule has 0 aliphatic heterocycles. The number of rotatable bonds is 6. The summed E-state index contributed by atoms with van der Waals surface area (Å²) in [5, 5.41) is 4.65. The van der Waals surface area contributed by atoms with Gasteiger partial charge >= 0.3 is 0 Å². The van der Waals surface area contributed by atoms with Crippen molar-refractivity contribution in [1.29, 1.82) is 0 Å². The smallest absolute Gasteiger partial charge is 0.0767 e. The molecule has 0 unspecified atom stereocenters. The summed E-state index contributed by atoms with van der Waals surface area (Å²) in [5.41, 5.74) is 2.57. The molecule has 102 valence electrons. The molecule has 2 rings (SSSR count). The van der Waals surface area contributed by atoms with Crippen LogP contribution in [0.25, 0.3) is 0 Å². The minimum absolute atomic E-state index is 0.970. The highest BCUT2D eigenvalue weighted by Gasteiger charge is 2.17. The summed E-state index contributed by atoms with van der Waals surface area (Å²) in [6.07, 6.45) is 6.79. The van der Waals surface area contributed by atoms with Gasteiger partial charge in [0.25, 0.3) is 0 Å². The highest BCUT2D eigenvalue weighted by molar-refractivity contribution is 9.10. The third-order valence-electron chi connectivity index (χ3n) is 3.76. The predicted molar refractivity (Wildman–Crippen MR) is 83.1 cm³/mol. The van der Waals surface area contributed by atoms with E-state index in [-0.39, 0.29) is 0 Å². The second kappa shape index (κ2) is 6.99. The molecule has 0 saturated heterocycles. The molecule has 0 atom stereocenters. The number of hydrogen-bond acceptors (Lipinski definition) is 2. The van der Waals surface area contributed by atoms with E-state index in [1.807, 2.05) is 0 Å². The molecular formula is C14H23BrN2S. The maximum atomic E-state index is 4.65. The second-order valence-corrected chi connectivity index (χ2v) is 6.87. The van der Waals surface area contributed by atoms with E-state index in [0.29, 0.717) is 0 Å². The van der Waals surface area contributed by atoms with Gasteiger partial charge in [-0.2, -0.15) is 16.9 Å². The Bertz CT molecular complexity index is 383. The van der Waals surface area contributed by atoms with Crippen molar-refractivity contribution in [2.45, 2.75) is 58.2 Å². The lowest BCUT2D eigenvalue weighted by Gasteiger charge is -2.09. The van der Waals surface area contributed by atoms with Gasteiger partial charge in [0.15, 0.2) is 0 Å². The molecule has 2 nitrogen and oxygen atoms in total. The van der Waals surface area contributed by atoms with Crippen molar-refractivity contribution in [1.82, 2.24) is 9.78 Å². The third-order valence-corrected chi connectivity index (χ3v) is 5.86. The van der Waals surface area contributed by atoms with Gasteiger partial charge in [0.1, 0.15) is 0 Å². The van der Waals surface area contributed by atoms with E-state index in [0.717, 1.165) is 24.6 Å². The van der Waals surface area contributed by atoms with E-state index < -0.39 is 0 Å². The Hall–Kier alpha value is 0.0400. The first-order chi connectivity index (χ1) is 8.76. The summed E-state index contributed by atoms with van der Waals surface area (Å²) < 4.78 is 3.40. The van der Waals surface area contributed by atoms with Crippen LogP contribution in [0.15, 0.2) is 4.47 Å². The van der Waals surface area contributed by atoms with Crippen LogP contribution in [-0.4, -0.2) is 15.5 Å². The Morgan fingerprint density at radius 3 is 2.67 bits per heavy atom. The predicted octanol–water partition coefficient (Wildman–Crippen LogP) is 4.65. The summed E-state index contributed by atoms with van der Waals surface area (Å²) in [4.78, 5) is 0. The SMILES string of the molecule is CCc1nn(CC)c(CSCC2CCCC2)c1Br. The monoisotopic (exact) mass is 330 g/mol. The maximum Gasteiger partial charge on any atom is 0.0767 e. The molecule has 0 spiro atoms. The van der Waals surface area contributed by atoms with Crippen molar-refractivity contribution in [2.24, 2.45) is 5.92 Å². The van der Waals surface area contributed by atoms with E-state index >= 15 is 0 Å². The van der Waals surface area contributed by atoms with Crippen LogP contribution < -0.4 is 0 Å². The van der Waals surface area contributed by atoms with Gasteiger partial charge in [0, 0.05) is 12.3 Å². The Morgan fingerprint density at radius 2 is 2.06 bits per heavy atom. The molecular weight excluding hydrogens is 308 g/mol. The fourth-order valence-electron chi connectivity index (χ4n) is 2.65. The molecule has 4 heteroatoms. The van der Waals surface area contributed by atoms with Gasteiger partial charge in [-0.1, -0.05) is 19.8 Å². The summed E-state index contributed by atoms with van der Waals surface area (Å²) in [6.45, 7) is 5.31. The van der Waals surface area contributed by atoms with Crippen molar-refractivity contribution in [3.63, 3.8) is 0 Å². The molecule has 0 bridgehead atoms. The van der Waals surface area contributed by atoms with Crippen molar-refractivity contribution in [3.05, 3.63) is 15.9 Å². The van der Waals surface area contributed by atoms with Crippen LogP contribution >= 0.6 is 27.7 Å². The highest BCUT2D eigenvalue weighted by Crippen LogP contribution is 2.31. The van der Waals surface area contributed by atoms with Gasteiger partial charge in [0.05, 0.1) is 15.9 Å². The summed E-state index contributed by atoms with van der Waals surface area (Å²) in [7, 11) is 0. The zero-order chi connectivity index (χ0) is 13.0. The van der Waals surface area contributed by atoms with Crippen LogP contribution in [0.2, 0.25) is 0 Å². The van der Waals surface area contributed by atoms with Crippen molar-refractivity contribution < 1.29 is 0 Å². The van der Waals surface area contributed by atoms with Crippen molar-refractivity contribution in [2.75, 3.05) is 5.75 Å². The molecule has 1 aromatic rings. The fraction of sp³-hybridized carbons (Fsp3) is 0.786. The molecule has 0 radical (unpaired) electrons. The number of aryl methyl sites for hydroxylation is 2. The Kier molecular flexibility index (Phi) is 5.61. The average Bonchev–Trinajstić information content (AvgIpc) is 2.99. The maximum absolute atomic E-state index is 4.65. The standard InChI is InChI=1S/C14H23BrN2S/c1-3-12-14(15)13(17(4-2)16-12)10-18-9-11-7-5-6-8-11/h11H,3-10H2,1-2H3. The van der Waals surface area contributed by atoms with Gasteiger partial charge in [-0.3, -0.25) is 4.68 Å². The van der Waals surface area contributed by atoms with Crippen LogP contribution in [0.4, 0.5) is 0 Å². The van der Waals surface area contributed by atoms with E-state index in [1.165, 1.54) is 47.3 Å². The van der Waals surface area contributed by atoms with E-state index in [4.69, 9.17) is 0 Å². The normalized spacial score (nSPS) is 16.6. The lowest BCUT2D eigenvalue weighted by atomic mass is 10.1. The van der Waals surface area contributed by atoms with E-state index in [9.17, 15) is 0 Å². The molecule has 0 aromatic carbocycles. The summed E-state index contributed by atoms with van der Waals surface area (Å²) in [6, 6.07) is 0. The minimum Gasteiger partial charge on any atom is -0.268 e. The lowest BCUT2D eigenvalue weighted by Crippen LogP contribution is -2.03. The quantitative estimate of drug-likeness (QED) is 0.755. The third kappa shape index (κ3) is 3.32. The molecule has 0 amide bonds. The zero-order valence-electron chi connectivity index (χ0n) is 11.4. The Morgan fingerprint density at radius 1 is 1.33 bits per heavy atom. The molecule has 1 fully saturated rings. The van der Waals surface area contributed by atoms with Crippen LogP contribution in [0, 0.1) is 5.92 Å². The summed E-state index contributed by atoms with van der Waals surface area (Å²) >= 11 is 5.80. The number of aromatic nitrogens is 2. The number of hydrogen-bond donors (Lipinski definition) is 0. The summed E-state index contributed by atoms with van der Waals surface area (Å²) in [5.74, 6) is 3.39. The van der Waals surface area contributed by atoms with Gasteiger partial charge in [-0.15, -0.1) is 0 Å². The van der Waals surface area contributed by atoms with E-state index in [1.54, 1.807) is 0 Å². The zero-order valence-corrected chi connectivity index (χ0v) is 13.8. The van der Waals surface area contributed by atoms with Crippen molar-refractivity contribution in [3.8, 4) is 0 Å². The van der Waals surface area contributed by atoms with Crippen LogP contribution in [0.5, 0.6) is 0 Å². The molecule has 1 aliphatic rings. The van der Waals surface area contributed by atoms with Gasteiger partial charge in [-0.25, -0.2) is 0 Å². The molecule has 1 aliphatic carbocycles. The topological polar surface area (TPSA) is 17.8 Å². The molecule has 18 heavy (non-hydrogen) atoms. The fourth-order valence-corrected chi connectivity index (χ4v) is 4.82. The largest absolute Gasteiger partial charge is 0.268 e. The van der Waals surface area contributed by atoms with Crippen molar-refractivity contribution >= 4 is 27.7 Å². The molecule has 1 saturated carbocycles. The lowest BCUT2D eigenvalue weighted by molar-refractivity contribution is 0.618. The second-order valence-electron chi connectivity index (χ2n) is 5.04. The first-order valence-corrected chi connectivity index (χ1v) is 9.02.